The number of benzene rings is 1. The molecule has 0 spiro atoms. The van der Waals surface area contributed by atoms with E-state index in [1.807, 2.05) is 17.0 Å². The monoisotopic (exact) mass is 339 g/mol. The molecule has 1 saturated heterocycles. The number of halogens is 2. The van der Waals surface area contributed by atoms with Crippen molar-refractivity contribution < 1.29 is 8.42 Å². The van der Waals surface area contributed by atoms with Crippen molar-refractivity contribution in [2.45, 2.75) is 11.3 Å². The molecule has 1 heterocycles. The summed E-state index contributed by atoms with van der Waals surface area (Å²) in [6.07, 6.45) is 1.28. The lowest BCUT2D eigenvalue weighted by Crippen LogP contribution is -2.47. The molecule has 1 atom stereocenters. The van der Waals surface area contributed by atoms with Gasteiger partial charge in [0.2, 0.25) is 0 Å². The van der Waals surface area contributed by atoms with Crippen molar-refractivity contribution >= 4 is 50.5 Å². The first-order valence-electron chi connectivity index (χ1n) is 5.81. The van der Waals surface area contributed by atoms with E-state index < -0.39 is 15.2 Å². The molecular formula is C12H15Cl2NO2S2. The lowest BCUT2D eigenvalue weighted by molar-refractivity contribution is 0.584. The number of nitrogens with zero attached hydrogens (tertiary/aromatic N) is 1. The maximum Gasteiger partial charge on any atom is 0.169 e. The van der Waals surface area contributed by atoms with Crippen molar-refractivity contribution in [3.8, 4) is 0 Å². The molecule has 0 saturated carbocycles. The third kappa shape index (κ3) is 3.51. The van der Waals surface area contributed by atoms with Gasteiger partial charge in [-0.1, -0.05) is 17.7 Å². The molecule has 3 nitrogen and oxygen atoms in total. The van der Waals surface area contributed by atoms with Crippen LogP contribution in [-0.4, -0.2) is 38.1 Å². The Labute approximate surface area is 128 Å². The molecule has 7 heteroatoms. The quantitative estimate of drug-likeness (QED) is 0.793. The van der Waals surface area contributed by atoms with Crippen molar-refractivity contribution in [2.75, 3.05) is 29.2 Å². The number of anilines is 1. The molecular weight excluding hydrogens is 325 g/mol. The first-order valence-corrected chi connectivity index (χ1v) is 9.83. The molecule has 0 N–H and O–H groups in total. The maximum absolute atomic E-state index is 11.9. The second kappa shape index (κ2) is 6.12. The van der Waals surface area contributed by atoms with Gasteiger partial charge in [-0.3, -0.25) is 0 Å². The Morgan fingerprint density at radius 2 is 2.21 bits per heavy atom. The van der Waals surface area contributed by atoms with Crippen molar-refractivity contribution in [2.24, 2.45) is 0 Å². The van der Waals surface area contributed by atoms with E-state index in [-0.39, 0.29) is 0 Å². The number of sulfone groups is 1. The Balaban J connectivity index is 2.35. The van der Waals surface area contributed by atoms with Gasteiger partial charge < -0.3 is 4.90 Å². The fourth-order valence-corrected chi connectivity index (χ4v) is 5.44. The summed E-state index contributed by atoms with van der Waals surface area (Å²) in [6, 6.07) is 5.54. The minimum atomic E-state index is -3.12. The van der Waals surface area contributed by atoms with Gasteiger partial charge in [-0.25, -0.2) is 8.42 Å². The van der Waals surface area contributed by atoms with Crippen molar-refractivity contribution in [3.63, 3.8) is 0 Å². The summed E-state index contributed by atoms with van der Waals surface area (Å²) in [5.41, 5.74) is 1.70. The predicted octanol–water partition coefficient (Wildman–Crippen LogP) is 3.00. The zero-order chi connectivity index (χ0) is 14.0. The molecule has 1 aliphatic rings. The number of thioether (sulfide) groups is 1. The van der Waals surface area contributed by atoms with Gasteiger partial charge in [0, 0.05) is 40.9 Å². The molecule has 1 aromatic carbocycles. The van der Waals surface area contributed by atoms with E-state index in [1.165, 1.54) is 6.26 Å². The molecule has 0 amide bonds. The normalized spacial score (nSPS) is 20.6. The van der Waals surface area contributed by atoms with E-state index in [4.69, 9.17) is 23.2 Å². The molecule has 0 bridgehead atoms. The van der Waals surface area contributed by atoms with E-state index in [1.54, 1.807) is 17.8 Å². The predicted molar refractivity (Wildman–Crippen MR) is 84.3 cm³/mol. The summed E-state index contributed by atoms with van der Waals surface area (Å²) in [4.78, 5) is 1.91. The summed E-state index contributed by atoms with van der Waals surface area (Å²) < 4.78 is 23.7. The van der Waals surface area contributed by atoms with Crippen LogP contribution in [0.1, 0.15) is 5.56 Å². The first kappa shape index (κ1) is 15.3. The van der Waals surface area contributed by atoms with Crippen LogP contribution in [0.25, 0.3) is 0 Å². The van der Waals surface area contributed by atoms with Gasteiger partial charge in [-0.05, 0) is 17.7 Å². The number of hydrogen-bond acceptors (Lipinski definition) is 4. The maximum atomic E-state index is 11.9. The molecule has 1 fully saturated rings. The van der Waals surface area contributed by atoms with Crippen LogP contribution < -0.4 is 4.90 Å². The van der Waals surface area contributed by atoms with E-state index in [0.29, 0.717) is 23.2 Å². The second-order valence-electron chi connectivity index (χ2n) is 4.46. The lowest BCUT2D eigenvalue weighted by atomic mass is 10.2. The SMILES string of the molecule is CS(=O)(=O)C1CSCCN1c1ccc(CCl)c(Cl)c1. The molecule has 106 valence electrons. The Morgan fingerprint density at radius 3 is 2.79 bits per heavy atom. The summed E-state index contributed by atoms with van der Waals surface area (Å²) >= 11 is 13.6. The molecule has 1 unspecified atom stereocenters. The average molecular weight is 340 g/mol. The fraction of sp³-hybridized carbons (Fsp3) is 0.500. The van der Waals surface area contributed by atoms with Gasteiger partial charge in [0.15, 0.2) is 9.84 Å². The molecule has 0 aromatic heterocycles. The number of hydrogen-bond donors (Lipinski definition) is 0. The number of rotatable bonds is 3. The Hall–Kier alpha value is -0.100. The zero-order valence-electron chi connectivity index (χ0n) is 10.5. The largest absolute Gasteiger partial charge is 0.353 e. The summed E-state index contributed by atoms with van der Waals surface area (Å²) in [5.74, 6) is 1.86. The van der Waals surface area contributed by atoms with Crippen LogP contribution in [0.3, 0.4) is 0 Å². The van der Waals surface area contributed by atoms with Gasteiger partial charge in [-0.2, -0.15) is 11.8 Å². The summed E-state index contributed by atoms with van der Waals surface area (Å²) in [5, 5.41) is 0.0992. The van der Waals surface area contributed by atoms with E-state index in [9.17, 15) is 8.42 Å². The third-order valence-corrected chi connectivity index (χ3v) is 6.37. The standard InChI is InChI=1S/C12H15Cl2NO2S2/c1-19(16,17)12-8-18-5-4-15(12)10-3-2-9(7-13)11(14)6-10/h2-3,6,12H,4-5,7-8H2,1H3. The van der Waals surface area contributed by atoms with Crippen molar-refractivity contribution in [1.29, 1.82) is 0 Å². The van der Waals surface area contributed by atoms with Crippen LogP contribution in [0.15, 0.2) is 18.2 Å². The van der Waals surface area contributed by atoms with E-state index in [2.05, 4.69) is 0 Å². The molecule has 1 aromatic rings. The smallest absolute Gasteiger partial charge is 0.169 e. The minimum absolute atomic E-state index is 0.352. The lowest BCUT2D eigenvalue weighted by Gasteiger charge is -2.36. The Bertz CT molecular complexity index is 563. The van der Waals surface area contributed by atoms with Crippen LogP contribution in [0.4, 0.5) is 5.69 Å². The topological polar surface area (TPSA) is 37.4 Å². The van der Waals surface area contributed by atoms with Crippen LogP contribution in [0.2, 0.25) is 5.02 Å². The fourth-order valence-electron chi connectivity index (χ4n) is 2.05. The highest BCUT2D eigenvalue weighted by molar-refractivity contribution is 8.01. The van der Waals surface area contributed by atoms with Crippen LogP contribution in [0, 0.1) is 0 Å². The van der Waals surface area contributed by atoms with Crippen LogP contribution in [-0.2, 0) is 15.7 Å². The van der Waals surface area contributed by atoms with Crippen molar-refractivity contribution in [3.05, 3.63) is 28.8 Å². The highest BCUT2D eigenvalue weighted by atomic mass is 35.5. The van der Waals surface area contributed by atoms with E-state index >= 15 is 0 Å². The minimum Gasteiger partial charge on any atom is -0.353 e. The van der Waals surface area contributed by atoms with E-state index in [0.717, 1.165) is 17.0 Å². The number of alkyl halides is 1. The van der Waals surface area contributed by atoms with Gasteiger partial charge in [0.1, 0.15) is 5.37 Å². The van der Waals surface area contributed by atoms with Gasteiger partial charge in [0.05, 0.1) is 0 Å². The van der Waals surface area contributed by atoms with Gasteiger partial charge in [-0.15, -0.1) is 11.6 Å². The molecule has 0 aliphatic carbocycles. The van der Waals surface area contributed by atoms with Gasteiger partial charge >= 0.3 is 0 Å². The highest BCUT2D eigenvalue weighted by Gasteiger charge is 2.31. The third-order valence-electron chi connectivity index (χ3n) is 3.09. The average Bonchev–Trinajstić information content (AvgIpc) is 2.37. The Morgan fingerprint density at radius 1 is 1.47 bits per heavy atom. The van der Waals surface area contributed by atoms with Gasteiger partial charge in [0.25, 0.3) is 0 Å². The van der Waals surface area contributed by atoms with Crippen molar-refractivity contribution in [1.82, 2.24) is 0 Å². The molecule has 2 rings (SSSR count). The Kier molecular flexibility index (Phi) is 4.93. The molecule has 19 heavy (non-hydrogen) atoms. The molecule has 1 aliphatic heterocycles. The first-order chi connectivity index (χ1) is 8.93. The summed E-state index contributed by atoms with van der Waals surface area (Å²) in [7, 11) is -3.12. The van der Waals surface area contributed by atoms with Crippen LogP contribution >= 0.6 is 35.0 Å². The second-order valence-corrected chi connectivity index (χ2v) is 8.49. The zero-order valence-corrected chi connectivity index (χ0v) is 13.6. The molecule has 0 radical (unpaired) electrons. The summed E-state index contributed by atoms with van der Waals surface area (Å²) in [6.45, 7) is 0.707. The van der Waals surface area contributed by atoms with Crippen LogP contribution in [0.5, 0.6) is 0 Å². The highest BCUT2D eigenvalue weighted by Crippen LogP contribution is 2.30.